The summed E-state index contributed by atoms with van der Waals surface area (Å²) in [6.45, 7) is 0. The van der Waals surface area contributed by atoms with E-state index < -0.39 is 5.51 Å². The van der Waals surface area contributed by atoms with Gasteiger partial charge < -0.3 is 4.40 Å². The van der Waals surface area contributed by atoms with Crippen LogP contribution in [0.25, 0.3) is 5.52 Å². The Bertz CT molecular complexity index is 579. The number of aldehydes is 1. The highest BCUT2D eigenvalue weighted by Gasteiger charge is 2.32. The van der Waals surface area contributed by atoms with Crippen molar-refractivity contribution in [2.75, 3.05) is 0 Å². The van der Waals surface area contributed by atoms with Crippen LogP contribution in [0.5, 0.6) is 0 Å². The minimum Gasteiger partial charge on any atom is -0.310 e. The number of hydrogen-bond acceptors (Lipinski definition) is 2. The highest BCUT2D eigenvalue weighted by Crippen LogP contribution is 2.40. The van der Waals surface area contributed by atoms with Crippen molar-refractivity contribution < 1.29 is 18.0 Å². The van der Waals surface area contributed by atoms with E-state index in [0.29, 0.717) is 16.3 Å². The van der Waals surface area contributed by atoms with Crippen LogP contribution in [0, 0.1) is 0 Å². The summed E-state index contributed by atoms with van der Waals surface area (Å²) in [5.41, 5.74) is -3.87. The number of fused-ring (bicyclic) bond motifs is 1. The molecule has 0 saturated carbocycles. The standard InChI is InChI=1S/C10H5BrF3NOS/c11-7-2-1-3-15-8(7)4-6(5-16)9(15)17-10(12,13)14/h1-5H. The number of rotatable bonds is 2. The largest absolute Gasteiger partial charge is 0.447 e. The summed E-state index contributed by atoms with van der Waals surface area (Å²) in [7, 11) is 0. The summed E-state index contributed by atoms with van der Waals surface area (Å²) in [6, 6.07) is 4.73. The van der Waals surface area contributed by atoms with Crippen LogP contribution < -0.4 is 0 Å². The molecule has 0 N–H and O–H groups in total. The Kier molecular flexibility index (Phi) is 3.22. The summed E-state index contributed by atoms with van der Waals surface area (Å²) in [5, 5.41) is -0.121. The summed E-state index contributed by atoms with van der Waals surface area (Å²) >= 11 is 2.93. The zero-order chi connectivity index (χ0) is 12.6. The molecule has 0 fully saturated rings. The molecule has 0 unspecified atom stereocenters. The van der Waals surface area contributed by atoms with Crippen LogP contribution in [-0.2, 0) is 0 Å². The molecular formula is C10H5BrF3NOS. The van der Waals surface area contributed by atoms with Gasteiger partial charge in [-0.05, 0) is 34.1 Å². The van der Waals surface area contributed by atoms with Crippen molar-refractivity contribution in [1.82, 2.24) is 4.40 Å². The first kappa shape index (κ1) is 12.5. The van der Waals surface area contributed by atoms with Crippen LogP contribution >= 0.6 is 27.7 Å². The van der Waals surface area contributed by atoms with Gasteiger partial charge in [0.25, 0.3) is 0 Å². The van der Waals surface area contributed by atoms with Gasteiger partial charge in [-0.2, -0.15) is 13.2 Å². The molecule has 2 nitrogen and oxygen atoms in total. The topological polar surface area (TPSA) is 21.5 Å². The van der Waals surface area contributed by atoms with Gasteiger partial charge in [-0.3, -0.25) is 4.79 Å². The molecule has 2 aromatic heterocycles. The van der Waals surface area contributed by atoms with Gasteiger partial charge in [0, 0.05) is 28.0 Å². The van der Waals surface area contributed by atoms with Crippen LogP contribution in [0.2, 0.25) is 0 Å². The summed E-state index contributed by atoms with van der Waals surface area (Å²) < 4.78 is 39.1. The number of pyridine rings is 1. The molecule has 0 aliphatic heterocycles. The van der Waals surface area contributed by atoms with E-state index in [9.17, 15) is 18.0 Å². The summed E-state index contributed by atoms with van der Waals surface area (Å²) in [6.07, 6.45) is 1.91. The van der Waals surface area contributed by atoms with Gasteiger partial charge in [-0.25, -0.2) is 0 Å². The molecule has 0 atom stereocenters. The highest BCUT2D eigenvalue weighted by atomic mass is 79.9. The van der Waals surface area contributed by atoms with E-state index in [2.05, 4.69) is 15.9 Å². The maximum absolute atomic E-state index is 12.4. The maximum atomic E-state index is 12.4. The van der Waals surface area contributed by atoms with Crippen LogP contribution in [0.15, 0.2) is 33.9 Å². The summed E-state index contributed by atoms with van der Waals surface area (Å²) in [4.78, 5) is 10.8. The fourth-order valence-corrected chi connectivity index (χ4v) is 2.62. The van der Waals surface area contributed by atoms with Crippen molar-refractivity contribution in [3.63, 3.8) is 0 Å². The van der Waals surface area contributed by atoms with Gasteiger partial charge >= 0.3 is 5.51 Å². The summed E-state index contributed by atoms with van der Waals surface area (Å²) in [5.74, 6) is 0. The Balaban J connectivity index is 2.67. The van der Waals surface area contributed by atoms with Crippen LogP contribution in [0.3, 0.4) is 0 Å². The molecule has 0 saturated heterocycles. The van der Waals surface area contributed by atoms with Gasteiger partial charge in [0.1, 0.15) is 0 Å². The quantitative estimate of drug-likeness (QED) is 0.612. The van der Waals surface area contributed by atoms with Crippen molar-refractivity contribution in [3.8, 4) is 0 Å². The lowest BCUT2D eigenvalue weighted by Gasteiger charge is -2.07. The van der Waals surface area contributed by atoms with Gasteiger partial charge in [0.15, 0.2) is 6.29 Å². The Morgan fingerprint density at radius 1 is 1.41 bits per heavy atom. The van der Waals surface area contributed by atoms with E-state index in [4.69, 9.17) is 0 Å². The molecule has 0 aliphatic rings. The molecule has 2 heterocycles. The van der Waals surface area contributed by atoms with E-state index in [1.807, 2.05) is 0 Å². The molecule has 7 heteroatoms. The van der Waals surface area contributed by atoms with Gasteiger partial charge in [0.05, 0.1) is 10.5 Å². The Morgan fingerprint density at radius 2 is 2.12 bits per heavy atom. The highest BCUT2D eigenvalue weighted by molar-refractivity contribution is 9.10. The van der Waals surface area contributed by atoms with E-state index in [1.165, 1.54) is 16.7 Å². The van der Waals surface area contributed by atoms with Crippen molar-refractivity contribution >= 4 is 39.5 Å². The van der Waals surface area contributed by atoms with Crippen LogP contribution in [-0.4, -0.2) is 16.2 Å². The molecule has 90 valence electrons. The molecule has 2 rings (SSSR count). The number of carbonyl (C=O) groups is 1. The van der Waals surface area contributed by atoms with E-state index in [0.717, 1.165) is 0 Å². The van der Waals surface area contributed by atoms with E-state index in [-0.39, 0.29) is 22.4 Å². The van der Waals surface area contributed by atoms with E-state index >= 15 is 0 Å². The average molecular weight is 324 g/mol. The first-order chi connectivity index (χ1) is 7.92. The number of aromatic nitrogens is 1. The lowest BCUT2D eigenvalue weighted by molar-refractivity contribution is -0.0329. The maximum Gasteiger partial charge on any atom is 0.447 e. The predicted octanol–water partition coefficient (Wildman–Crippen LogP) is 4.13. The normalized spacial score (nSPS) is 12.0. The van der Waals surface area contributed by atoms with Crippen molar-refractivity contribution in [1.29, 1.82) is 0 Å². The second-order valence-electron chi connectivity index (χ2n) is 3.18. The van der Waals surface area contributed by atoms with Crippen molar-refractivity contribution in [2.24, 2.45) is 0 Å². The molecule has 0 spiro atoms. The fraction of sp³-hybridized carbons (Fsp3) is 0.100. The molecule has 0 aliphatic carbocycles. The van der Waals surface area contributed by atoms with Gasteiger partial charge in [-0.1, -0.05) is 0 Å². The zero-order valence-corrected chi connectivity index (χ0v) is 10.6. The third-order valence-electron chi connectivity index (χ3n) is 2.08. The first-order valence-corrected chi connectivity index (χ1v) is 6.04. The minimum atomic E-state index is -4.42. The van der Waals surface area contributed by atoms with Gasteiger partial charge in [-0.15, -0.1) is 0 Å². The monoisotopic (exact) mass is 323 g/mol. The third-order valence-corrected chi connectivity index (χ3v) is 3.61. The van der Waals surface area contributed by atoms with Gasteiger partial charge in [0.2, 0.25) is 0 Å². The fourth-order valence-electron chi connectivity index (χ4n) is 1.46. The SMILES string of the molecule is O=Cc1cc2c(Br)cccn2c1SC(F)(F)F. The lowest BCUT2D eigenvalue weighted by atomic mass is 10.3. The number of carbonyl (C=O) groups excluding carboxylic acids is 1. The van der Waals surface area contributed by atoms with E-state index in [1.54, 1.807) is 12.1 Å². The molecule has 0 amide bonds. The Labute approximate surface area is 107 Å². The number of halogens is 4. The third kappa shape index (κ3) is 2.50. The Hall–Kier alpha value is -0.950. The van der Waals surface area contributed by atoms with Crippen LogP contribution in [0.4, 0.5) is 13.2 Å². The number of thioether (sulfide) groups is 1. The lowest BCUT2D eigenvalue weighted by Crippen LogP contribution is -2.02. The zero-order valence-electron chi connectivity index (χ0n) is 8.16. The molecule has 0 bridgehead atoms. The second kappa shape index (κ2) is 4.38. The van der Waals surface area contributed by atoms with Crippen molar-refractivity contribution in [3.05, 3.63) is 34.4 Å². The molecule has 2 aromatic rings. The smallest absolute Gasteiger partial charge is 0.310 e. The molecule has 0 aromatic carbocycles. The van der Waals surface area contributed by atoms with Crippen molar-refractivity contribution in [2.45, 2.75) is 10.5 Å². The second-order valence-corrected chi connectivity index (χ2v) is 5.09. The predicted molar refractivity (Wildman–Crippen MR) is 62.4 cm³/mol. The molecule has 17 heavy (non-hydrogen) atoms. The minimum absolute atomic E-state index is 0.0271. The molecular weight excluding hydrogens is 319 g/mol. The first-order valence-electron chi connectivity index (χ1n) is 4.43. The number of hydrogen-bond donors (Lipinski definition) is 0. The Morgan fingerprint density at radius 3 is 2.71 bits per heavy atom. The number of nitrogens with zero attached hydrogens (tertiary/aromatic N) is 1. The molecule has 0 radical (unpaired) electrons. The average Bonchev–Trinajstić information content (AvgIpc) is 2.56. The number of alkyl halides is 3. The van der Waals surface area contributed by atoms with Crippen LogP contribution in [0.1, 0.15) is 10.4 Å².